The summed E-state index contributed by atoms with van der Waals surface area (Å²) in [5.74, 6) is -0.406. The number of pyridine rings is 1. The van der Waals surface area contributed by atoms with Crippen LogP contribution in [0.25, 0.3) is 0 Å². The molecule has 142 valence electrons. The lowest BCUT2D eigenvalue weighted by Gasteiger charge is -2.11. The van der Waals surface area contributed by atoms with Gasteiger partial charge in [0.2, 0.25) is 17.7 Å². The Balaban J connectivity index is 2.15. The maximum atomic E-state index is 12.5. The van der Waals surface area contributed by atoms with Gasteiger partial charge in [0.25, 0.3) is 5.91 Å². The lowest BCUT2D eigenvalue weighted by molar-refractivity contribution is -0.115. The van der Waals surface area contributed by atoms with Gasteiger partial charge in [0.05, 0.1) is 6.61 Å². The van der Waals surface area contributed by atoms with Crippen molar-refractivity contribution in [2.75, 3.05) is 17.2 Å². The third kappa shape index (κ3) is 6.43. The molecule has 0 saturated carbocycles. The van der Waals surface area contributed by atoms with E-state index in [-0.39, 0.29) is 24.3 Å². The van der Waals surface area contributed by atoms with Crippen LogP contribution in [0.2, 0.25) is 0 Å². The molecular weight excluding hydrogens is 348 g/mol. The summed E-state index contributed by atoms with van der Waals surface area (Å²) >= 11 is 0. The van der Waals surface area contributed by atoms with Crippen LogP contribution in [0, 0.1) is 0 Å². The summed E-state index contributed by atoms with van der Waals surface area (Å²) in [6, 6.07) is 8.19. The van der Waals surface area contributed by atoms with E-state index in [1.165, 1.54) is 13.8 Å². The molecule has 0 aliphatic heterocycles. The molecule has 8 nitrogen and oxygen atoms in total. The summed E-state index contributed by atoms with van der Waals surface area (Å²) in [6.07, 6.45) is 1.61. The van der Waals surface area contributed by atoms with Crippen molar-refractivity contribution in [1.29, 1.82) is 0 Å². The third-order valence-corrected chi connectivity index (χ3v) is 3.38. The van der Waals surface area contributed by atoms with Crippen molar-refractivity contribution in [2.45, 2.75) is 27.3 Å². The maximum Gasteiger partial charge on any atom is 0.251 e. The standard InChI is InChI=1S/C19H22N4O4/c1-4-27-18-7-14(5-6-20-18)11-21-19(26)15-8-16(22-12(2)24)10-17(9-15)23-13(3)25/h5-10H,4,11H2,1-3H3,(H,21,26)(H,22,24)(H,23,25). The number of carbonyl (C=O) groups is 3. The summed E-state index contributed by atoms with van der Waals surface area (Å²) < 4.78 is 5.34. The molecule has 0 aliphatic rings. The number of hydrogen-bond donors (Lipinski definition) is 3. The predicted octanol–water partition coefficient (Wildman–Crippen LogP) is 2.33. The van der Waals surface area contributed by atoms with E-state index in [0.717, 1.165) is 5.56 Å². The monoisotopic (exact) mass is 370 g/mol. The smallest absolute Gasteiger partial charge is 0.251 e. The first-order valence-corrected chi connectivity index (χ1v) is 8.43. The molecule has 0 fully saturated rings. The topological polar surface area (TPSA) is 109 Å². The van der Waals surface area contributed by atoms with Crippen molar-refractivity contribution >= 4 is 29.1 Å². The first-order valence-electron chi connectivity index (χ1n) is 8.43. The molecular formula is C19H22N4O4. The number of hydrogen-bond acceptors (Lipinski definition) is 5. The van der Waals surface area contributed by atoms with E-state index in [4.69, 9.17) is 4.74 Å². The zero-order chi connectivity index (χ0) is 19.8. The molecule has 8 heteroatoms. The molecule has 0 spiro atoms. The second-order valence-electron chi connectivity index (χ2n) is 5.78. The molecule has 2 aromatic rings. The van der Waals surface area contributed by atoms with Crippen molar-refractivity contribution < 1.29 is 19.1 Å². The number of nitrogens with one attached hydrogen (secondary N) is 3. The van der Waals surface area contributed by atoms with Gasteiger partial charge >= 0.3 is 0 Å². The van der Waals surface area contributed by atoms with Crippen molar-refractivity contribution in [2.24, 2.45) is 0 Å². The second kappa shape index (κ2) is 9.33. The molecule has 0 atom stereocenters. The van der Waals surface area contributed by atoms with Crippen LogP contribution in [-0.4, -0.2) is 29.3 Å². The van der Waals surface area contributed by atoms with Crippen LogP contribution in [-0.2, 0) is 16.1 Å². The number of nitrogens with zero attached hydrogens (tertiary/aromatic N) is 1. The second-order valence-corrected chi connectivity index (χ2v) is 5.78. The summed E-state index contributed by atoms with van der Waals surface area (Å²) in [4.78, 5) is 39.2. The number of carbonyl (C=O) groups excluding carboxylic acids is 3. The molecule has 3 N–H and O–H groups in total. The molecule has 1 aromatic carbocycles. The number of rotatable bonds is 7. The minimum Gasteiger partial charge on any atom is -0.478 e. The Bertz CT molecular complexity index is 817. The normalized spacial score (nSPS) is 10.0. The average molecular weight is 370 g/mol. The van der Waals surface area contributed by atoms with Crippen LogP contribution < -0.4 is 20.7 Å². The lowest BCUT2D eigenvalue weighted by Crippen LogP contribution is -2.23. The minimum absolute atomic E-state index is 0.276. The van der Waals surface area contributed by atoms with Gasteiger partial charge < -0.3 is 20.7 Å². The average Bonchev–Trinajstić information content (AvgIpc) is 2.59. The van der Waals surface area contributed by atoms with Crippen LogP contribution in [0.5, 0.6) is 5.88 Å². The zero-order valence-corrected chi connectivity index (χ0v) is 15.5. The Morgan fingerprint density at radius 2 is 1.63 bits per heavy atom. The molecule has 1 heterocycles. The Morgan fingerprint density at radius 3 is 2.19 bits per heavy atom. The molecule has 1 aromatic heterocycles. The number of amides is 3. The molecule has 27 heavy (non-hydrogen) atoms. The van der Waals surface area contributed by atoms with Crippen LogP contribution in [0.3, 0.4) is 0 Å². The Hall–Kier alpha value is -3.42. The fraction of sp³-hybridized carbons (Fsp3) is 0.263. The molecule has 2 rings (SSSR count). The minimum atomic E-state index is -0.344. The number of ether oxygens (including phenoxy) is 1. The first kappa shape index (κ1) is 19.9. The van der Waals surface area contributed by atoms with Gasteiger partial charge in [0.15, 0.2) is 0 Å². The van der Waals surface area contributed by atoms with Crippen molar-refractivity contribution in [1.82, 2.24) is 10.3 Å². The van der Waals surface area contributed by atoms with Crippen molar-refractivity contribution in [3.8, 4) is 5.88 Å². The van der Waals surface area contributed by atoms with Gasteiger partial charge in [0.1, 0.15) is 0 Å². The molecule has 0 saturated heterocycles. The van der Waals surface area contributed by atoms with Gasteiger partial charge in [-0.3, -0.25) is 14.4 Å². The first-order chi connectivity index (χ1) is 12.9. The maximum absolute atomic E-state index is 12.5. The lowest BCUT2D eigenvalue weighted by atomic mass is 10.1. The highest BCUT2D eigenvalue weighted by Gasteiger charge is 2.11. The molecule has 0 unspecified atom stereocenters. The fourth-order valence-corrected chi connectivity index (χ4v) is 2.38. The summed E-state index contributed by atoms with van der Waals surface area (Å²) in [5.41, 5.74) is 1.98. The molecule has 0 radical (unpaired) electrons. The molecule has 0 aliphatic carbocycles. The zero-order valence-electron chi connectivity index (χ0n) is 15.5. The van der Waals surface area contributed by atoms with Gasteiger partial charge in [-0.15, -0.1) is 0 Å². The fourth-order valence-electron chi connectivity index (χ4n) is 2.38. The van der Waals surface area contributed by atoms with E-state index in [9.17, 15) is 14.4 Å². The van der Waals surface area contributed by atoms with Gasteiger partial charge in [-0.2, -0.15) is 0 Å². The van der Waals surface area contributed by atoms with Gasteiger partial charge in [-0.1, -0.05) is 0 Å². The SMILES string of the molecule is CCOc1cc(CNC(=O)c2cc(NC(C)=O)cc(NC(C)=O)c2)ccn1. The van der Waals surface area contributed by atoms with Crippen molar-refractivity contribution in [3.05, 3.63) is 47.7 Å². The number of benzene rings is 1. The van der Waals surface area contributed by atoms with E-state index in [1.807, 2.05) is 6.92 Å². The molecule has 0 bridgehead atoms. The highest BCUT2D eigenvalue weighted by molar-refractivity contribution is 5.99. The number of aromatic nitrogens is 1. The Morgan fingerprint density at radius 1 is 1.00 bits per heavy atom. The van der Waals surface area contributed by atoms with Crippen LogP contribution >= 0.6 is 0 Å². The molecule has 3 amide bonds. The summed E-state index contributed by atoms with van der Waals surface area (Å²) in [5, 5.41) is 8.03. The summed E-state index contributed by atoms with van der Waals surface area (Å²) in [7, 11) is 0. The Kier molecular flexibility index (Phi) is 6.87. The third-order valence-electron chi connectivity index (χ3n) is 3.38. The van der Waals surface area contributed by atoms with Gasteiger partial charge in [-0.05, 0) is 36.8 Å². The Labute approximate surface area is 157 Å². The predicted molar refractivity (Wildman–Crippen MR) is 102 cm³/mol. The quantitative estimate of drug-likeness (QED) is 0.693. The van der Waals surface area contributed by atoms with Gasteiger partial charge in [-0.25, -0.2) is 4.98 Å². The van der Waals surface area contributed by atoms with E-state index in [2.05, 4.69) is 20.9 Å². The van der Waals surface area contributed by atoms with E-state index in [1.54, 1.807) is 36.5 Å². The largest absolute Gasteiger partial charge is 0.478 e. The number of anilines is 2. The van der Waals surface area contributed by atoms with E-state index in [0.29, 0.717) is 29.4 Å². The van der Waals surface area contributed by atoms with Gasteiger partial charge in [0, 0.05) is 49.6 Å². The van der Waals surface area contributed by atoms with Crippen LogP contribution in [0.1, 0.15) is 36.7 Å². The highest BCUT2D eigenvalue weighted by Crippen LogP contribution is 2.20. The highest BCUT2D eigenvalue weighted by atomic mass is 16.5. The van der Waals surface area contributed by atoms with Crippen LogP contribution in [0.4, 0.5) is 11.4 Å². The van der Waals surface area contributed by atoms with Crippen LogP contribution in [0.15, 0.2) is 36.5 Å². The summed E-state index contributed by atoms with van der Waals surface area (Å²) in [6.45, 7) is 5.38. The van der Waals surface area contributed by atoms with E-state index < -0.39 is 0 Å². The van der Waals surface area contributed by atoms with E-state index >= 15 is 0 Å². The van der Waals surface area contributed by atoms with Crippen molar-refractivity contribution in [3.63, 3.8) is 0 Å².